The molecule has 0 radical (unpaired) electrons. The first-order valence-corrected chi connectivity index (χ1v) is 7.44. The fourth-order valence-electron chi connectivity index (χ4n) is 3.51. The number of nitrogens with zero attached hydrogens (tertiary/aromatic N) is 2. The van der Waals surface area contributed by atoms with Gasteiger partial charge in [-0.25, -0.2) is 0 Å². The number of hydrogen-bond donors (Lipinski definition) is 0. The lowest BCUT2D eigenvalue weighted by Gasteiger charge is -2.35. The standard InChI is InChI=1S/C15H20N2O3/c1-16-13(18)11-7-3-2-6-10(11)12(14(16)19)15(20)17-8-4-5-9-17/h12H,2-9H2,1H3. The number of hydrogen-bond acceptors (Lipinski definition) is 3. The van der Waals surface area contributed by atoms with Crippen molar-refractivity contribution >= 4 is 17.7 Å². The Bertz CT molecular complexity index is 503. The molecule has 0 N–H and O–H groups in total. The minimum absolute atomic E-state index is 0.0961. The number of likely N-dealkylation sites (N-methyl/N-ethyl adjacent to an activating group) is 1. The van der Waals surface area contributed by atoms with Gasteiger partial charge in [-0.05, 0) is 44.1 Å². The number of amides is 3. The molecule has 5 heteroatoms. The van der Waals surface area contributed by atoms with Gasteiger partial charge in [-0.3, -0.25) is 19.3 Å². The van der Waals surface area contributed by atoms with Crippen LogP contribution in [0.25, 0.3) is 0 Å². The summed E-state index contributed by atoms with van der Waals surface area (Å²) in [6.45, 7) is 1.48. The number of imide groups is 1. The molecule has 1 aliphatic carbocycles. The molecule has 2 aliphatic heterocycles. The Kier molecular flexibility index (Phi) is 3.36. The summed E-state index contributed by atoms with van der Waals surface area (Å²) in [6, 6.07) is 0. The number of rotatable bonds is 1. The van der Waals surface area contributed by atoms with E-state index in [4.69, 9.17) is 0 Å². The predicted molar refractivity (Wildman–Crippen MR) is 72.6 cm³/mol. The molecule has 0 aromatic carbocycles. The van der Waals surface area contributed by atoms with Crippen molar-refractivity contribution in [3.63, 3.8) is 0 Å². The van der Waals surface area contributed by atoms with Crippen LogP contribution < -0.4 is 0 Å². The van der Waals surface area contributed by atoms with E-state index in [-0.39, 0.29) is 17.7 Å². The molecule has 1 fully saturated rings. The molecule has 1 unspecified atom stereocenters. The summed E-state index contributed by atoms with van der Waals surface area (Å²) in [5.74, 6) is -1.37. The Balaban J connectivity index is 1.98. The zero-order valence-electron chi connectivity index (χ0n) is 11.9. The molecule has 3 amide bonds. The van der Waals surface area contributed by atoms with E-state index >= 15 is 0 Å². The van der Waals surface area contributed by atoms with Crippen molar-refractivity contribution in [2.75, 3.05) is 20.1 Å². The van der Waals surface area contributed by atoms with Crippen molar-refractivity contribution in [1.82, 2.24) is 9.80 Å². The van der Waals surface area contributed by atoms with Gasteiger partial charge in [0.2, 0.25) is 11.8 Å². The maximum atomic E-state index is 12.7. The van der Waals surface area contributed by atoms with Crippen LogP contribution in [-0.2, 0) is 14.4 Å². The van der Waals surface area contributed by atoms with Gasteiger partial charge in [0, 0.05) is 25.7 Å². The largest absolute Gasteiger partial charge is 0.342 e. The van der Waals surface area contributed by atoms with E-state index < -0.39 is 5.92 Å². The highest BCUT2D eigenvalue weighted by molar-refractivity contribution is 6.16. The molecule has 0 spiro atoms. The lowest BCUT2D eigenvalue weighted by Crippen LogP contribution is -2.50. The van der Waals surface area contributed by atoms with E-state index in [0.29, 0.717) is 12.8 Å². The maximum absolute atomic E-state index is 12.7. The second-order valence-electron chi connectivity index (χ2n) is 5.88. The lowest BCUT2D eigenvalue weighted by atomic mass is 9.79. The van der Waals surface area contributed by atoms with E-state index in [2.05, 4.69) is 0 Å². The second kappa shape index (κ2) is 5.04. The highest BCUT2D eigenvalue weighted by Gasteiger charge is 2.44. The minimum Gasteiger partial charge on any atom is -0.342 e. The van der Waals surface area contributed by atoms with Crippen LogP contribution in [-0.4, -0.2) is 47.7 Å². The Morgan fingerprint density at radius 1 is 1.05 bits per heavy atom. The third kappa shape index (κ3) is 1.96. The smallest absolute Gasteiger partial charge is 0.256 e. The Hall–Kier alpha value is -1.65. The molecular formula is C15H20N2O3. The molecule has 1 atom stereocenters. The normalized spacial score (nSPS) is 27.1. The van der Waals surface area contributed by atoms with Gasteiger partial charge in [0.15, 0.2) is 0 Å². The summed E-state index contributed by atoms with van der Waals surface area (Å²) in [4.78, 5) is 40.2. The van der Waals surface area contributed by atoms with E-state index in [0.717, 1.165) is 54.8 Å². The summed E-state index contributed by atoms with van der Waals surface area (Å²) in [7, 11) is 1.49. The monoisotopic (exact) mass is 276 g/mol. The third-order valence-electron chi connectivity index (χ3n) is 4.66. The van der Waals surface area contributed by atoms with E-state index in [1.165, 1.54) is 7.05 Å². The SMILES string of the molecule is CN1C(=O)C2=C(CCCC2)C(C(=O)N2CCCC2)C1=O. The average Bonchev–Trinajstić information content (AvgIpc) is 2.99. The van der Waals surface area contributed by atoms with Crippen molar-refractivity contribution in [3.8, 4) is 0 Å². The van der Waals surface area contributed by atoms with Gasteiger partial charge in [0.05, 0.1) is 0 Å². The molecule has 0 aromatic rings. The van der Waals surface area contributed by atoms with Crippen LogP contribution in [0, 0.1) is 5.92 Å². The van der Waals surface area contributed by atoms with Crippen LogP contribution >= 0.6 is 0 Å². The number of carbonyl (C=O) groups is 3. The van der Waals surface area contributed by atoms with Gasteiger partial charge in [0.1, 0.15) is 5.92 Å². The fourth-order valence-corrected chi connectivity index (χ4v) is 3.51. The zero-order chi connectivity index (χ0) is 14.3. The van der Waals surface area contributed by atoms with Crippen LogP contribution in [0.1, 0.15) is 38.5 Å². The molecule has 0 saturated carbocycles. The first-order valence-electron chi connectivity index (χ1n) is 7.44. The summed E-state index contributed by atoms with van der Waals surface area (Å²) in [6.07, 6.45) is 5.37. The van der Waals surface area contributed by atoms with Crippen LogP contribution in [0.2, 0.25) is 0 Å². The van der Waals surface area contributed by atoms with Gasteiger partial charge >= 0.3 is 0 Å². The van der Waals surface area contributed by atoms with Crippen molar-refractivity contribution < 1.29 is 14.4 Å². The molecule has 3 rings (SSSR count). The van der Waals surface area contributed by atoms with Crippen LogP contribution in [0.4, 0.5) is 0 Å². The molecule has 0 bridgehead atoms. The van der Waals surface area contributed by atoms with E-state index in [1.54, 1.807) is 4.90 Å². The molecule has 2 heterocycles. The van der Waals surface area contributed by atoms with Gasteiger partial charge in [0.25, 0.3) is 5.91 Å². The minimum atomic E-state index is -0.730. The summed E-state index contributed by atoms with van der Waals surface area (Å²) < 4.78 is 0. The molecule has 108 valence electrons. The lowest BCUT2D eigenvalue weighted by molar-refractivity contribution is -0.150. The first-order chi connectivity index (χ1) is 9.61. The quantitative estimate of drug-likeness (QED) is 0.532. The van der Waals surface area contributed by atoms with Gasteiger partial charge in [-0.15, -0.1) is 0 Å². The molecule has 3 aliphatic rings. The molecule has 0 aromatic heterocycles. The van der Waals surface area contributed by atoms with Crippen molar-refractivity contribution in [2.24, 2.45) is 5.92 Å². The van der Waals surface area contributed by atoms with E-state index in [9.17, 15) is 14.4 Å². The first kappa shape index (κ1) is 13.3. The van der Waals surface area contributed by atoms with Gasteiger partial charge < -0.3 is 4.90 Å². The van der Waals surface area contributed by atoms with Crippen LogP contribution in [0.3, 0.4) is 0 Å². The zero-order valence-corrected chi connectivity index (χ0v) is 11.9. The summed E-state index contributed by atoms with van der Waals surface area (Å²) in [5, 5.41) is 0. The van der Waals surface area contributed by atoms with Gasteiger partial charge in [-0.1, -0.05) is 0 Å². The Morgan fingerprint density at radius 3 is 2.40 bits per heavy atom. The Labute approximate surface area is 118 Å². The third-order valence-corrected chi connectivity index (χ3v) is 4.66. The van der Waals surface area contributed by atoms with Crippen molar-refractivity contribution in [2.45, 2.75) is 38.5 Å². The summed E-state index contributed by atoms with van der Waals surface area (Å²) >= 11 is 0. The average molecular weight is 276 g/mol. The van der Waals surface area contributed by atoms with Crippen molar-refractivity contribution in [3.05, 3.63) is 11.1 Å². The van der Waals surface area contributed by atoms with Gasteiger partial charge in [-0.2, -0.15) is 0 Å². The molecular weight excluding hydrogens is 256 g/mol. The van der Waals surface area contributed by atoms with Crippen LogP contribution in [0.15, 0.2) is 11.1 Å². The van der Waals surface area contributed by atoms with E-state index in [1.807, 2.05) is 0 Å². The topological polar surface area (TPSA) is 57.7 Å². The molecule has 20 heavy (non-hydrogen) atoms. The highest BCUT2D eigenvalue weighted by Crippen LogP contribution is 2.36. The molecule has 5 nitrogen and oxygen atoms in total. The van der Waals surface area contributed by atoms with Crippen molar-refractivity contribution in [1.29, 1.82) is 0 Å². The highest BCUT2D eigenvalue weighted by atomic mass is 16.2. The second-order valence-corrected chi connectivity index (χ2v) is 5.88. The van der Waals surface area contributed by atoms with Crippen LogP contribution in [0.5, 0.6) is 0 Å². The fraction of sp³-hybridized carbons (Fsp3) is 0.667. The number of carbonyl (C=O) groups excluding carboxylic acids is 3. The molecule has 1 saturated heterocycles. The summed E-state index contributed by atoms with van der Waals surface area (Å²) in [5.41, 5.74) is 1.53. The Morgan fingerprint density at radius 2 is 1.70 bits per heavy atom. The predicted octanol–water partition coefficient (Wildman–Crippen LogP) is 1.09. The number of likely N-dealkylation sites (tertiary alicyclic amines) is 1. The maximum Gasteiger partial charge on any atom is 0.256 e.